The predicted molar refractivity (Wildman–Crippen MR) is 143 cm³/mol. The molecule has 1 fully saturated rings. The van der Waals surface area contributed by atoms with Crippen LogP contribution in [-0.4, -0.2) is 87.2 Å². The van der Waals surface area contributed by atoms with Gasteiger partial charge in [0.2, 0.25) is 0 Å². The molecule has 0 unspecified atom stereocenters. The highest BCUT2D eigenvalue weighted by molar-refractivity contribution is 6.27. The van der Waals surface area contributed by atoms with E-state index in [4.69, 9.17) is 19.8 Å². The summed E-state index contributed by atoms with van der Waals surface area (Å²) in [7, 11) is 0. The number of carboxylic acids is 2. The number of phenolic OH excluding ortho intramolecular Hbond substituents is 1. The third kappa shape index (κ3) is 9.07. The minimum absolute atomic E-state index is 0. The highest BCUT2D eigenvalue weighted by Gasteiger charge is 2.26. The first-order valence-electron chi connectivity index (χ1n) is 12.4. The van der Waals surface area contributed by atoms with Crippen LogP contribution in [0.2, 0.25) is 0 Å². The number of carboxylic acid groups (broad SMARTS) is 2. The van der Waals surface area contributed by atoms with Gasteiger partial charge in [0.05, 0.1) is 0 Å². The fraction of sp³-hybridized carbons (Fsp3) is 0.444. The normalized spacial score (nSPS) is 13.5. The third-order valence-electron chi connectivity index (χ3n) is 6.20. The van der Waals surface area contributed by atoms with Gasteiger partial charge in [-0.25, -0.2) is 9.59 Å². The highest BCUT2D eigenvalue weighted by atomic mass is 16.4. The van der Waals surface area contributed by atoms with E-state index in [1.54, 1.807) is 6.07 Å². The van der Waals surface area contributed by atoms with E-state index in [2.05, 4.69) is 16.7 Å². The van der Waals surface area contributed by atoms with Crippen LogP contribution in [0.3, 0.4) is 0 Å². The summed E-state index contributed by atoms with van der Waals surface area (Å²) in [5.41, 5.74) is 2.77. The molecule has 1 aliphatic heterocycles. The minimum atomic E-state index is -1.82. The predicted octanol–water partition coefficient (Wildman–Crippen LogP) is 3.22. The van der Waals surface area contributed by atoms with E-state index in [-0.39, 0.29) is 17.1 Å². The van der Waals surface area contributed by atoms with Crippen LogP contribution in [0, 0.1) is 0 Å². The van der Waals surface area contributed by atoms with Crippen molar-refractivity contribution in [2.45, 2.75) is 46.1 Å². The van der Waals surface area contributed by atoms with E-state index in [1.165, 1.54) is 6.42 Å². The molecule has 1 aliphatic rings. The standard InChI is InChI=1S/C25H35N3O2.C2H2O4.H2O/c1-4-16-26-17-14-22(15-18-26)28(23-8-7-9-24(29)19-23)21-12-10-20(11-13-21)25(30)27(5-2)6-3;3-1(4)2(5)6;/h7-13,19,22,29H,4-6,14-18H2,1-3H3;(H,3,4)(H,5,6);1H2. The molecule has 10 heteroatoms. The SMILES string of the molecule is CCCN1CCC(N(c2ccc(C(=O)N(CC)CC)cc2)c2cccc(O)c2)CC1.O.O=C(O)C(=O)O. The molecular weight excluding hydrogens is 478 g/mol. The molecule has 1 heterocycles. The summed E-state index contributed by atoms with van der Waals surface area (Å²) >= 11 is 0. The van der Waals surface area contributed by atoms with Crippen LogP contribution >= 0.6 is 0 Å². The lowest BCUT2D eigenvalue weighted by Crippen LogP contribution is -2.43. The van der Waals surface area contributed by atoms with Crippen molar-refractivity contribution in [2.75, 3.05) is 37.6 Å². The van der Waals surface area contributed by atoms with Crippen LogP contribution in [-0.2, 0) is 9.59 Å². The van der Waals surface area contributed by atoms with Crippen molar-refractivity contribution in [3.8, 4) is 5.75 Å². The van der Waals surface area contributed by atoms with Gasteiger partial charge in [-0.1, -0.05) is 13.0 Å². The number of likely N-dealkylation sites (tertiary alicyclic amines) is 1. The zero-order valence-electron chi connectivity index (χ0n) is 21.8. The van der Waals surface area contributed by atoms with Crippen LogP contribution in [0.15, 0.2) is 48.5 Å². The summed E-state index contributed by atoms with van der Waals surface area (Å²) in [6.45, 7) is 11.0. The van der Waals surface area contributed by atoms with Crippen LogP contribution in [0.4, 0.5) is 11.4 Å². The molecule has 0 spiro atoms. The first-order valence-corrected chi connectivity index (χ1v) is 12.4. The Morgan fingerprint density at radius 1 is 0.892 bits per heavy atom. The molecule has 0 saturated carbocycles. The molecule has 5 N–H and O–H groups in total. The Kier molecular flexibility index (Phi) is 13.1. The summed E-state index contributed by atoms with van der Waals surface area (Å²) in [6, 6.07) is 15.8. The quantitative estimate of drug-likeness (QED) is 0.451. The maximum Gasteiger partial charge on any atom is 0.414 e. The summed E-state index contributed by atoms with van der Waals surface area (Å²) in [5.74, 6) is -3.30. The fourth-order valence-electron chi connectivity index (χ4n) is 4.39. The smallest absolute Gasteiger partial charge is 0.414 e. The number of hydrogen-bond acceptors (Lipinski definition) is 6. The molecule has 0 bridgehead atoms. The number of phenols is 1. The number of aromatic hydroxyl groups is 1. The summed E-state index contributed by atoms with van der Waals surface area (Å²) in [5, 5.41) is 24.8. The van der Waals surface area contributed by atoms with Crippen molar-refractivity contribution in [1.29, 1.82) is 0 Å². The lowest BCUT2D eigenvalue weighted by atomic mass is 10.0. The number of carbonyl (C=O) groups excluding carboxylic acids is 1. The van der Waals surface area contributed by atoms with E-state index in [0.29, 0.717) is 19.1 Å². The Morgan fingerprint density at radius 2 is 1.46 bits per heavy atom. The first-order chi connectivity index (χ1) is 17.2. The molecule has 1 saturated heterocycles. The van der Waals surface area contributed by atoms with Gasteiger partial charge in [0, 0.05) is 55.2 Å². The molecule has 1 amide bonds. The lowest BCUT2D eigenvalue weighted by molar-refractivity contribution is -0.159. The number of anilines is 2. The molecule has 37 heavy (non-hydrogen) atoms. The van der Waals surface area contributed by atoms with Gasteiger partial charge >= 0.3 is 11.9 Å². The van der Waals surface area contributed by atoms with E-state index in [0.717, 1.165) is 49.4 Å². The van der Waals surface area contributed by atoms with Crippen LogP contribution < -0.4 is 4.90 Å². The van der Waals surface area contributed by atoms with E-state index >= 15 is 0 Å². The van der Waals surface area contributed by atoms with Gasteiger partial charge < -0.3 is 35.5 Å². The molecule has 10 nitrogen and oxygen atoms in total. The maximum atomic E-state index is 12.7. The topological polar surface area (TPSA) is 153 Å². The summed E-state index contributed by atoms with van der Waals surface area (Å²) in [6.07, 6.45) is 3.34. The largest absolute Gasteiger partial charge is 0.508 e. The Bertz CT molecular complexity index is 989. The molecular formula is C27H39N3O7. The van der Waals surface area contributed by atoms with Crippen molar-refractivity contribution in [1.82, 2.24) is 9.80 Å². The second kappa shape index (κ2) is 15.5. The summed E-state index contributed by atoms with van der Waals surface area (Å²) < 4.78 is 0. The number of nitrogens with zero attached hydrogens (tertiary/aromatic N) is 3. The zero-order chi connectivity index (χ0) is 26.7. The first kappa shape index (κ1) is 31.4. The van der Waals surface area contributed by atoms with Gasteiger partial charge in [-0.3, -0.25) is 4.79 Å². The second-order valence-electron chi connectivity index (χ2n) is 8.60. The average Bonchev–Trinajstić information content (AvgIpc) is 2.87. The number of hydrogen-bond donors (Lipinski definition) is 3. The number of rotatable bonds is 8. The molecule has 204 valence electrons. The monoisotopic (exact) mass is 517 g/mol. The van der Waals surface area contributed by atoms with Gasteiger partial charge in [-0.15, -0.1) is 0 Å². The third-order valence-corrected chi connectivity index (χ3v) is 6.20. The lowest BCUT2D eigenvalue weighted by Gasteiger charge is -2.40. The number of piperidine rings is 1. The van der Waals surface area contributed by atoms with Gasteiger partial charge in [-0.2, -0.15) is 0 Å². The van der Waals surface area contributed by atoms with Crippen LogP contribution in [0.5, 0.6) is 5.75 Å². The Morgan fingerprint density at radius 3 is 1.92 bits per heavy atom. The molecule has 2 aromatic rings. The molecule has 0 radical (unpaired) electrons. The second-order valence-corrected chi connectivity index (χ2v) is 8.60. The van der Waals surface area contributed by atoms with Crippen molar-refractivity contribution in [2.24, 2.45) is 0 Å². The summed E-state index contributed by atoms with van der Waals surface area (Å²) in [4.78, 5) is 37.6. The fourth-order valence-corrected chi connectivity index (χ4v) is 4.39. The maximum absolute atomic E-state index is 12.7. The van der Waals surface area contributed by atoms with E-state index in [1.807, 2.05) is 61.2 Å². The van der Waals surface area contributed by atoms with Crippen LogP contribution in [0.25, 0.3) is 0 Å². The molecule has 3 rings (SSSR count). The van der Waals surface area contributed by atoms with Gasteiger partial charge in [0.1, 0.15) is 5.75 Å². The number of aliphatic carboxylic acids is 2. The van der Waals surface area contributed by atoms with E-state index < -0.39 is 11.9 Å². The molecule has 0 atom stereocenters. The number of amides is 1. The van der Waals surface area contributed by atoms with Gasteiger partial charge in [0.15, 0.2) is 0 Å². The molecule has 0 aliphatic carbocycles. The zero-order valence-corrected chi connectivity index (χ0v) is 21.8. The molecule has 0 aromatic heterocycles. The number of benzene rings is 2. The minimum Gasteiger partial charge on any atom is -0.508 e. The van der Waals surface area contributed by atoms with Crippen molar-refractivity contribution < 1.29 is 35.2 Å². The van der Waals surface area contributed by atoms with Crippen molar-refractivity contribution >= 4 is 29.2 Å². The van der Waals surface area contributed by atoms with E-state index in [9.17, 15) is 9.90 Å². The van der Waals surface area contributed by atoms with Gasteiger partial charge in [0.25, 0.3) is 5.91 Å². The Labute approximate surface area is 218 Å². The molecule has 2 aromatic carbocycles. The van der Waals surface area contributed by atoms with Crippen LogP contribution in [0.1, 0.15) is 50.4 Å². The Balaban J connectivity index is 0.000000876. The highest BCUT2D eigenvalue weighted by Crippen LogP contribution is 2.34. The average molecular weight is 518 g/mol. The number of carbonyl (C=O) groups is 3. The Hall–Kier alpha value is -3.63. The van der Waals surface area contributed by atoms with Crippen molar-refractivity contribution in [3.63, 3.8) is 0 Å². The van der Waals surface area contributed by atoms with Crippen molar-refractivity contribution in [3.05, 3.63) is 54.1 Å². The van der Waals surface area contributed by atoms with Gasteiger partial charge in [-0.05, 0) is 76.1 Å².